The quantitative estimate of drug-likeness (QED) is 0.444. The molecule has 0 bridgehead atoms. The van der Waals surface area contributed by atoms with Gasteiger partial charge in [-0.15, -0.1) is 12.2 Å². The Morgan fingerprint density at radius 1 is 1.83 bits per heavy atom. The van der Waals surface area contributed by atoms with Gasteiger partial charge in [0.1, 0.15) is 0 Å². The average Bonchev–Trinajstić information content (AvgIpc) is 1.38. The normalized spacial score (nSPS) is 6.17. The van der Waals surface area contributed by atoms with Gasteiger partial charge >= 0.3 is 68.9 Å². The van der Waals surface area contributed by atoms with Crippen LogP contribution in [0, 0.1) is 0 Å². The second-order valence-electron chi connectivity index (χ2n) is 0.726. The second-order valence-corrected chi connectivity index (χ2v) is 1.18. The van der Waals surface area contributed by atoms with Crippen LogP contribution >= 0.6 is 12.2 Å². The average molecular weight is 222 g/mol. The molecule has 0 aliphatic carbocycles. The molecule has 0 unspecified atom stereocenters. The summed E-state index contributed by atoms with van der Waals surface area (Å²) in [5.41, 5.74) is 0. The third-order valence-corrected chi connectivity index (χ3v) is 0.577. The van der Waals surface area contributed by atoms with Crippen molar-refractivity contribution >= 4 is 17.3 Å². The van der Waals surface area contributed by atoms with Crippen molar-refractivity contribution in [1.29, 1.82) is 0 Å². The van der Waals surface area contributed by atoms with Crippen molar-refractivity contribution in [2.75, 3.05) is 0 Å². The Morgan fingerprint density at radius 3 is 2.00 bits per heavy atom. The third-order valence-electron chi connectivity index (χ3n) is 0.289. The minimum atomic E-state index is -0.162. The monoisotopic (exact) mass is 222 g/mol. The molecule has 0 heterocycles. The molecule has 0 fully saturated rings. The molecule has 3 heteroatoms. The molecular weight excluding hydrogens is 217 g/mol. The second kappa shape index (κ2) is 6.94. The first-order valence-corrected chi connectivity index (χ1v) is 1.88. The summed E-state index contributed by atoms with van der Waals surface area (Å²) < 4.78 is 0. The minimum Gasteiger partial charge on any atom is -0.867 e. The van der Waals surface area contributed by atoms with Gasteiger partial charge in [-0.1, -0.05) is 12.0 Å². The summed E-state index contributed by atoms with van der Waals surface area (Å²) >= 11 is 4.14. The first-order valence-electron chi connectivity index (χ1n) is 1.47. The summed E-state index contributed by atoms with van der Waals surface area (Å²) in [7, 11) is 0. The van der Waals surface area contributed by atoms with E-state index < -0.39 is 0 Å². The van der Waals surface area contributed by atoms with Crippen LogP contribution in [0.15, 0.2) is 0 Å². The van der Waals surface area contributed by atoms with Crippen molar-refractivity contribution in [3.05, 3.63) is 0 Å². The topological polar surface area (TPSA) is 23.1 Å². The molecule has 0 aromatic carbocycles. The van der Waals surface area contributed by atoms with E-state index in [9.17, 15) is 5.11 Å². The van der Waals surface area contributed by atoms with E-state index in [1.165, 1.54) is 0 Å². The minimum absolute atomic E-state index is 0. The van der Waals surface area contributed by atoms with Gasteiger partial charge in [0.2, 0.25) is 0 Å². The zero-order valence-corrected chi connectivity index (χ0v) is 11.1. The largest absolute Gasteiger partial charge is 1.00 e. The van der Waals surface area contributed by atoms with E-state index in [1.807, 2.05) is 0 Å². The maximum atomic E-state index is 9.63. The number of rotatable bonds is 1. The van der Waals surface area contributed by atoms with Crippen LogP contribution in [0.4, 0.5) is 0 Å². The molecule has 0 spiro atoms. The van der Waals surface area contributed by atoms with Crippen LogP contribution in [0.1, 0.15) is 13.3 Å². The molecule has 0 aliphatic heterocycles. The Kier molecular flexibility index (Phi) is 12.5. The van der Waals surface area contributed by atoms with E-state index in [0.717, 1.165) is 0 Å². The molecule has 0 rings (SSSR count). The summed E-state index contributed by atoms with van der Waals surface area (Å²) in [4.78, 5) is 0. The maximum absolute atomic E-state index is 9.63. The van der Waals surface area contributed by atoms with E-state index in [1.54, 1.807) is 6.92 Å². The zero-order chi connectivity index (χ0) is 4.28. The van der Waals surface area contributed by atoms with Gasteiger partial charge in [0.15, 0.2) is 0 Å². The number of thiocarbonyl (C=S) groups is 1. The van der Waals surface area contributed by atoms with Gasteiger partial charge in [-0.3, -0.25) is 0 Å². The van der Waals surface area contributed by atoms with Gasteiger partial charge in [-0.2, -0.15) is 0 Å². The summed E-state index contributed by atoms with van der Waals surface area (Å²) in [6, 6.07) is 0. The van der Waals surface area contributed by atoms with Crippen LogP contribution in [0.25, 0.3) is 0 Å². The van der Waals surface area contributed by atoms with E-state index >= 15 is 0 Å². The van der Waals surface area contributed by atoms with E-state index in [2.05, 4.69) is 12.2 Å². The molecule has 0 radical (unpaired) electrons. The van der Waals surface area contributed by atoms with Crippen molar-refractivity contribution in [3.63, 3.8) is 0 Å². The first-order chi connectivity index (χ1) is 2.27. The zero-order valence-electron chi connectivity index (χ0n) is 4.02. The summed E-state index contributed by atoms with van der Waals surface area (Å²) in [5.74, 6) is 0. The summed E-state index contributed by atoms with van der Waals surface area (Å²) in [6.07, 6.45) is 0.481. The van der Waals surface area contributed by atoms with Crippen molar-refractivity contribution in [2.24, 2.45) is 0 Å². The molecular formula is C3H5CsOS. The van der Waals surface area contributed by atoms with Crippen LogP contribution in [-0.2, 0) is 0 Å². The van der Waals surface area contributed by atoms with E-state index in [0.29, 0.717) is 6.42 Å². The van der Waals surface area contributed by atoms with Crippen LogP contribution in [0.3, 0.4) is 0 Å². The molecule has 1 nitrogen and oxygen atoms in total. The molecule has 0 aromatic heterocycles. The first kappa shape index (κ1) is 10.8. The van der Waals surface area contributed by atoms with Gasteiger partial charge in [-0.05, 0) is 6.42 Å². The number of hydrogen-bond donors (Lipinski definition) is 0. The maximum Gasteiger partial charge on any atom is 1.00 e. The van der Waals surface area contributed by atoms with E-state index in [-0.39, 0.29) is 73.9 Å². The Labute approximate surface area is 102 Å². The fourth-order valence-electron chi connectivity index (χ4n) is 0. The van der Waals surface area contributed by atoms with Crippen molar-refractivity contribution in [1.82, 2.24) is 0 Å². The Balaban J connectivity index is 0. The molecule has 6 heavy (non-hydrogen) atoms. The summed E-state index contributed by atoms with van der Waals surface area (Å²) in [5, 5.41) is 9.47. The smallest absolute Gasteiger partial charge is 0.867 e. The van der Waals surface area contributed by atoms with Gasteiger partial charge in [0.05, 0.1) is 0 Å². The van der Waals surface area contributed by atoms with Gasteiger partial charge in [0.25, 0.3) is 0 Å². The predicted octanol–water partition coefficient (Wildman–Crippen LogP) is -2.91. The third kappa shape index (κ3) is 9.34. The molecule has 0 amide bonds. The van der Waals surface area contributed by atoms with Crippen LogP contribution in [0.2, 0.25) is 0 Å². The van der Waals surface area contributed by atoms with Gasteiger partial charge in [0, 0.05) is 0 Å². The van der Waals surface area contributed by atoms with E-state index in [4.69, 9.17) is 0 Å². The molecule has 0 atom stereocenters. The van der Waals surface area contributed by atoms with Crippen molar-refractivity contribution < 1.29 is 74.0 Å². The fourth-order valence-corrected chi connectivity index (χ4v) is 0. The standard InChI is InChI=1S/C3H6OS.Cs/c1-2-3(4)5;/h2H2,1H3,(H,4,5);/q;+1/p-1. The van der Waals surface area contributed by atoms with Crippen LogP contribution in [-0.4, -0.2) is 5.05 Å². The van der Waals surface area contributed by atoms with Gasteiger partial charge in [-0.25, -0.2) is 0 Å². The fraction of sp³-hybridized carbons (Fsp3) is 0.667. The Morgan fingerprint density at radius 2 is 2.00 bits per heavy atom. The molecule has 0 N–H and O–H groups in total. The molecule has 0 saturated carbocycles. The Bertz CT molecular complexity index is 46.1. The Hall–Kier alpha value is 1.94. The SMILES string of the molecule is CCC([O-])=S.[Cs+]. The predicted molar refractivity (Wildman–Crippen MR) is 22.9 cm³/mol. The summed E-state index contributed by atoms with van der Waals surface area (Å²) in [6.45, 7) is 1.75. The van der Waals surface area contributed by atoms with Crippen LogP contribution in [0.5, 0.6) is 0 Å². The van der Waals surface area contributed by atoms with Crippen LogP contribution < -0.4 is 74.0 Å². The molecule has 0 aromatic rings. The molecule has 30 valence electrons. The van der Waals surface area contributed by atoms with Crippen molar-refractivity contribution in [3.8, 4) is 0 Å². The van der Waals surface area contributed by atoms with Gasteiger partial charge < -0.3 is 5.11 Å². The molecule has 0 saturated heterocycles. The number of hydrogen-bond acceptors (Lipinski definition) is 2. The van der Waals surface area contributed by atoms with Crippen molar-refractivity contribution in [2.45, 2.75) is 13.3 Å². The molecule has 0 aliphatic rings.